The first-order valence-corrected chi connectivity index (χ1v) is 12.2. The maximum atomic E-state index is 13.5. The van der Waals surface area contributed by atoms with Crippen molar-refractivity contribution in [1.82, 2.24) is 29.3 Å². The van der Waals surface area contributed by atoms with Gasteiger partial charge in [0.2, 0.25) is 0 Å². The summed E-state index contributed by atoms with van der Waals surface area (Å²) in [4.78, 5) is 22.5. The first kappa shape index (κ1) is 22.7. The zero-order valence-corrected chi connectivity index (χ0v) is 20.7. The van der Waals surface area contributed by atoms with Crippen molar-refractivity contribution in [2.45, 2.75) is 46.1 Å². The predicted molar refractivity (Wildman–Crippen MR) is 129 cm³/mol. The van der Waals surface area contributed by atoms with Crippen molar-refractivity contribution in [3.05, 3.63) is 39.9 Å². The van der Waals surface area contributed by atoms with Crippen LogP contribution in [0.2, 0.25) is 5.02 Å². The molecule has 2 aliphatic heterocycles. The molecule has 0 unspecified atom stereocenters. The molecule has 2 saturated heterocycles. The highest BCUT2D eigenvalue weighted by Gasteiger charge is 2.34. The molecule has 0 saturated carbocycles. The Hall–Kier alpha value is -3.12. The van der Waals surface area contributed by atoms with Gasteiger partial charge in [0, 0.05) is 44.5 Å². The van der Waals surface area contributed by atoms with Crippen LogP contribution >= 0.6 is 11.6 Å². The van der Waals surface area contributed by atoms with Crippen LogP contribution in [0.15, 0.2) is 12.3 Å². The lowest BCUT2D eigenvalue weighted by atomic mass is 9.99. The summed E-state index contributed by atoms with van der Waals surface area (Å²) in [5, 5.41) is 19.0. The van der Waals surface area contributed by atoms with Crippen LogP contribution in [0.3, 0.4) is 0 Å². The van der Waals surface area contributed by atoms with Crippen LogP contribution in [-0.4, -0.2) is 54.8 Å². The molecule has 5 heterocycles. The van der Waals surface area contributed by atoms with Crippen molar-refractivity contribution in [1.29, 1.82) is 5.26 Å². The van der Waals surface area contributed by atoms with Gasteiger partial charge in [0.25, 0.3) is 5.91 Å². The molecule has 0 N–H and O–H groups in total. The molecule has 1 amide bonds. The number of aromatic nitrogens is 5. The van der Waals surface area contributed by atoms with E-state index < -0.39 is 0 Å². The molecule has 5 rings (SSSR count). The van der Waals surface area contributed by atoms with E-state index in [1.807, 2.05) is 24.1 Å². The molecule has 3 aromatic rings. The topological polar surface area (TPSA) is 95.3 Å². The van der Waals surface area contributed by atoms with E-state index >= 15 is 0 Å². The highest BCUT2D eigenvalue weighted by atomic mass is 35.5. The number of carbonyl (C=O) groups excluding carboxylic acids is 1. The number of fused-ring (bicyclic) bond motifs is 1. The summed E-state index contributed by atoms with van der Waals surface area (Å²) in [6.45, 7) is 8.11. The zero-order valence-electron chi connectivity index (χ0n) is 20.0. The van der Waals surface area contributed by atoms with Gasteiger partial charge >= 0.3 is 0 Å². The summed E-state index contributed by atoms with van der Waals surface area (Å²) < 4.78 is 3.37. The molecule has 3 atom stereocenters. The Morgan fingerprint density at radius 3 is 2.71 bits per heavy atom. The summed E-state index contributed by atoms with van der Waals surface area (Å²) in [5.41, 5.74) is 3.66. The minimum atomic E-state index is -0.146. The van der Waals surface area contributed by atoms with Crippen LogP contribution in [-0.2, 0) is 7.05 Å². The third-order valence-electron chi connectivity index (χ3n) is 7.16. The van der Waals surface area contributed by atoms with Gasteiger partial charge < -0.3 is 9.80 Å². The Bertz CT molecular complexity index is 1300. The molecule has 0 radical (unpaired) electrons. The molecule has 2 fully saturated rings. The van der Waals surface area contributed by atoms with Gasteiger partial charge in [-0.05, 0) is 39.0 Å². The molecule has 9 nitrogen and oxygen atoms in total. The van der Waals surface area contributed by atoms with E-state index in [1.54, 1.807) is 23.2 Å². The predicted octanol–water partition coefficient (Wildman–Crippen LogP) is 3.70. The summed E-state index contributed by atoms with van der Waals surface area (Å²) in [7, 11) is 1.75. The molecule has 3 aromatic heterocycles. The summed E-state index contributed by atoms with van der Waals surface area (Å²) in [5.74, 6) is 1.11. The molecule has 10 heteroatoms. The van der Waals surface area contributed by atoms with Gasteiger partial charge in [-0.25, -0.2) is 9.50 Å². The first-order valence-electron chi connectivity index (χ1n) is 11.8. The number of hydrogen-bond donors (Lipinski definition) is 0. The maximum Gasteiger partial charge on any atom is 0.274 e. The lowest BCUT2D eigenvalue weighted by Crippen LogP contribution is -2.39. The van der Waals surface area contributed by atoms with Crippen molar-refractivity contribution >= 4 is 29.0 Å². The SMILES string of the molecule is Cc1cn2nc([C@@H]3CCCCN3C(=O)c3c(Cl)c(C)nn3C)cc2nc1N1C[C@@H](C#N)[C@@H](C)C1. The number of nitrogens with zero attached hydrogens (tertiary/aromatic N) is 8. The Kier molecular flexibility index (Phi) is 5.72. The average molecular weight is 481 g/mol. The standard InChI is InChI=1S/C24H29ClN8O/c1-14-11-31(13-17(14)10-26)23-15(2)12-33-20(27-23)9-18(29-33)19-7-5-6-8-32(19)24(34)22-21(25)16(3)28-30(22)4/h9,12,14,17,19H,5-8,11,13H2,1-4H3/t14-,17+,19-/m0/s1. The molecule has 0 aromatic carbocycles. The lowest BCUT2D eigenvalue weighted by Gasteiger charge is -2.34. The number of carbonyl (C=O) groups is 1. The Balaban J connectivity index is 1.48. The van der Waals surface area contributed by atoms with Crippen LogP contribution in [0.4, 0.5) is 5.82 Å². The highest BCUT2D eigenvalue weighted by molar-refractivity contribution is 6.34. The number of anilines is 1. The molecule has 178 valence electrons. The Morgan fingerprint density at radius 2 is 2.03 bits per heavy atom. The van der Waals surface area contributed by atoms with Gasteiger partial charge in [-0.2, -0.15) is 15.5 Å². The second-order valence-electron chi connectivity index (χ2n) is 9.62. The smallest absolute Gasteiger partial charge is 0.274 e. The van der Waals surface area contributed by atoms with Gasteiger partial charge in [-0.1, -0.05) is 18.5 Å². The fourth-order valence-corrected chi connectivity index (χ4v) is 5.53. The van der Waals surface area contributed by atoms with Crippen molar-refractivity contribution in [3.63, 3.8) is 0 Å². The van der Waals surface area contributed by atoms with E-state index in [4.69, 9.17) is 21.7 Å². The third-order valence-corrected chi connectivity index (χ3v) is 7.61. The fraction of sp³-hybridized carbons (Fsp3) is 0.542. The molecule has 0 spiro atoms. The number of piperidine rings is 1. The first-order chi connectivity index (χ1) is 16.3. The zero-order chi connectivity index (χ0) is 24.1. The van der Waals surface area contributed by atoms with Gasteiger partial charge in [-0.15, -0.1) is 0 Å². The number of hydrogen-bond acceptors (Lipinski definition) is 6. The number of likely N-dealkylation sites (tertiary alicyclic amines) is 1. The number of nitriles is 1. The molecule has 0 aliphatic carbocycles. The van der Waals surface area contributed by atoms with E-state index in [0.29, 0.717) is 35.4 Å². The van der Waals surface area contributed by atoms with E-state index in [1.165, 1.54) is 0 Å². The second-order valence-corrected chi connectivity index (χ2v) is 10.00. The average Bonchev–Trinajstić information content (AvgIpc) is 3.47. The van der Waals surface area contributed by atoms with Gasteiger partial charge in [0.05, 0.1) is 34.4 Å². The fourth-order valence-electron chi connectivity index (χ4n) is 5.29. The number of aryl methyl sites for hydroxylation is 3. The molecule has 34 heavy (non-hydrogen) atoms. The van der Waals surface area contributed by atoms with Crippen LogP contribution in [0.5, 0.6) is 0 Å². The largest absolute Gasteiger partial charge is 0.355 e. The van der Waals surface area contributed by atoms with Crippen molar-refractivity contribution in [2.75, 3.05) is 24.5 Å². The van der Waals surface area contributed by atoms with E-state index in [2.05, 4.69) is 23.0 Å². The maximum absolute atomic E-state index is 13.5. The number of amides is 1. The van der Waals surface area contributed by atoms with Crippen molar-refractivity contribution < 1.29 is 4.79 Å². The summed E-state index contributed by atoms with van der Waals surface area (Å²) in [6.07, 6.45) is 4.80. The van der Waals surface area contributed by atoms with Gasteiger partial charge in [0.1, 0.15) is 11.5 Å². The lowest BCUT2D eigenvalue weighted by molar-refractivity contribution is 0.0594. The minimum absolute atomic E-state index is 0.0159. The number of halogens is 1. The molecular formula is C24H29ClN8O. The third kappa shape index (κ3) is 3.70. The number of rotatable bonds is 3. The van der Waals surface area contributed by atoms with Crippen LogP contribution in [0.1, 0.15) is 59.7 Å². The molecule has 2 aliphatic rings. The second kappa shape index (κ2) is 8.58. The minimum Gasteiger partial charge on any atom is -0.355 e. The van der Waals surface area contributed by atoms with Gasteiger partial charge in [0.15, 0.2) is 5.65 Å². The van der Waals surface area contributed by atoms with Crippen LogP contribution < -0.4 is 4.90 Å². The molecular weight excluding hydrogens is 452 g/mol. The highest BCUT2D eigenvalue weighted by Crippen LogP contribution is 2.34. The van der Waals surface area contributed by atoms with Gasteiger partial charge in [-0.3, -0.25) is 9.48 Å². The Morgan fingerprint density at radius 1 is 1.24 bits per heavy atom. The van der Waals surface area contributed by atoms with Crippen LogP contribution in [0.25, 0.3) is 5.65 Å². The van der Waals surface area contributed by atoms with E-state index in [9.17, 15) is 10.1 Å². The van der Waals surface area contributed by atoms with Crippen LogP contribution in [0, 0.1) is 37.0 Å². The van der Waals surface area contributed by atoms with Crippen molar-refractivity contribution in [2.24, 2.45) is 18.9 Å². The Labute approximate surface area is 203 Å². The summed E-state index contributed by atoms with van der Waals surface area (Å²) in [6, 6.07) is 4.25. The normalized spacial score (nSPS) is 23.0. The summed E-state index contributed by atoms with van der Waals surface area (Å²) >= 11 is 6.43. The molecule has 0 bridgehead atoms. The van der Waals surface area contributed by atoms with E-state index in [-0.39, 0.29) is 17.9 Å². The quantitative estimate of drug-likeness (QED) is 0.567. The van der Waals surface area contributed by atoms with E-state index in [0.717, 1.165) is 48.5 Å². The van der Waals surface area contributed by atoms with Crippen molar-refractivity contribution in [3.8, 4) is 6.07 Å². The monoisotopic (exact) mass is 480 g/mol.